The lowest BCUT2D eigenvalue weighted by molar-refractivity contribution is 0.0653. The zero-order chi connectivity index (χ0) is 23.7. The number of ether oxygens (including phenoxy) is 2. The van der Waals surface area contributed by atoms with Crippen LogP contribution in [0.25, 0.3) is 10.2 Å². The molecule has 34 heavy (non-hydrogen) atoms. The standard InChI is InChI=1S/C24H24N4O5S/c1-32-18-8-7-17(27-11-13-33-14-12-27)20-19(18)26-22(34-20)21(29)25-9-4-10-28-23(30)15-5-2-3-6-16(15)24(28)31/h2-3,5-8H,4,9-14H2,1H3,(H,25,29). The average molecular weight is 481 g/mol. The average Bonchev–Trinajstić information content (AvgIpc) is 3.42. The van der Waals surface area contributed by atoms with Crippen molar-refractivity contribution in [1.29, 1.82) is 0 Å². The SMILES string of the molecule is COc1ccc(N2CCOCC2)c2sc(C(=O)NCCCN3C(=O)c4ccccc4C3=O)nc12. The van der Waals surface area contributed by atoms with E-state index in [2.05, 4.69) is 15.2 Å². The number of hydrogen-bond acceptors (Lipinski definition) is 8. The maximum absolute atomic E-state index is 12.8. The van der Waals surface area contributed by atoms with Gasteiger partial charge in [0.05, 0.1) is 41.8 Å². The van der Waals surface area contributed by atoms with Crippen molar-refractivity contribution < 1.29 is 23.9 Å². The van der Waals surface area contributed by atoms with Gasteiger partial charge in [0.1, 0.15) is 11.3 Å². The van der Waals surface area contributed by atoms with Crippen LogP contribution in [0.5, 0.6) is 5.75 Å². The van der Waals surface area contributed by atoms with E-state index in [0.29, 0.717) is 53.6 Å². The molecule has 0 unspecified atom stereocenters. The summed E-state index contributed by atoms with van der Waals surface area (Å²) in [6.45, 7) is 3.42. The monoisotopic (exact) mass is 480 g/mol. The fourth-order valence-electron chi connectivity index (χ4n) is 4.24. The smallest absolute Gasteiger partial charge is 0.280 e. The molecule has 0 spiro atoms. The van der Waals surface area contributed by atoms with Gasteiger partial charge < -0.3 is 19.7 Å². The highest BCUT2D eigenvalue weighted by Gasteiger charge is 2.34. The molecule has 9 nitrogen and oxygen atoms in total. The molecule has 0 saturated carbocycles. The van der Waals surface area contributed by atoms with E-state index in [4.69, 9.17) is 9.47 Å². The number of aromatic nitrogens is 1. The number of amides is 3. The van der Waals surface area contributed by atoms with Gasteiger partial charge >= 0.3 is 0 Å². The van der Waals surface area contributed by atoms with Gasteiger partial charge in [-0.2, -0.15) is 0 Å². The van der Waals surface area contributed by atoms with Crippen LogP contribution in [0.1, 0.15) is 36.9 Å². The molecule has 0 radical (unpaired) electrons. The van der Waals surface area contributed by atoms with Gasteiger partial charge in [0.25, 0.3) is 17.7 Å². The van der Waals surface area contributed by atoms with Gasteiger partial charge in [-0.05, 0) is 30.7 Å². The van der Waals surface area contributed by atoms with Crippen molar-refractivity contribution >= 4 is 45.0 Å². The van der Waals surface area contributed by atoms with Crippen LogP contribution >= 0.6 is 11.3 Å². The number of nitrogens with one attached hydrogen (secondary N) is 1. The summed E-state index contributed by atoms with van der Waals surface area (Å²) < 4.78 is 11.8. The van der Waals surface area contributed by atoms with Crippen molar-refractivity contribution in [1.82, 2.24) is 15.2 Å². The minimum Gasteiger partial charge on any atom is -0.494 e. The lowest BCUT2D eigenvalue weighted by atomic mass is 10.1. The predicted octanol–water partition coefficient (Wildman–Crippen LogP) is 2.56. The normalized spacial score (nSPS) is 15.7. The van der Waals surface area contributed by atoms with Gasteiger partial charge in [-0.15, -0.1) is 11.3 Å². The first-order chi connectivity index (χ1) is 16.6. The molecule has 0 aliphatic carbocycles. The molecule has 2 aliphatic heterocycles. The third-order valence-corrected chi connectivity index (χ3v) is 7.05. The van der Waals surface area contributed by atoms with E-state index < -0.39 is 0 Å². The van der Waals surface area contributed by atoms with Crippen molar-refractivity contribution in [2.24, 2.45) is 0 Å². The molecule has 176 valence electrons. The Morgan fingerprint density at radius 2 is 1.82 bits per heavy atom. The Hall–Kier alpha value is -3.50. The second kappa shape index (κ2) is 9.40. The van der Waals surface area contributed by atoms with E-state index in [1.807, 2.05) is 12.1 Å². The van der Waals surface area contributed by atoms with Crippen molar-refractivity contribution in [3.05, 3.63) is 52.5 Å². The summed E-state index contributed by atoms with van der Waals surface area (Å²) in [6.07, 6.45) is 0.449. The van der Waals surface area contributed by atoms with E-state index in [9.17, 15) is 14.4 Å². The quantitative estimate of drug-likeness (QED) is 0.410. The number of carbonyl (C=O) groups excluding carboxylic acids is 3. The Morgan fingerprint density at radius 3 is 2.50 bits per heavy atom. The third-order valence-electron chi connectivity index (χ3n) is 5.97. The molecular formula is C24H24N4O5S. The fraction of sp³-hybridized carbons (Fsp3) is 0.333. The summed E-state index contributed by atoms with van der Waals surface area (Å²) in [5.41, 5.74) is 2.53. The molecule has 0 bridgehead atoms. The van der Waals surface area contributed by atoms with Crippen LogP contribution in [-0.4, -0.2) is 74.1 Å². The lowest BCUT2D eigenvalue weighted by Crippen LogP contribution is -2.36. The van der Waals surface area contributed by atoms with E-state index >= 15 is 0 Å². The van der Waals surface area contributed by atoms with Crippen molar-refractivity contribution in [3.8, 4) is 5.75 Å². The molecule has 1 fully saturated rings. The second-order valence-electron chi connectivity index (χ2n) is 8.00. The number of thiazole rings is 1. The Kier molecular flexibility index (Phi) is 6.16. The molecule has 2 aromatic carbocycles. The van der Waals surface area contributed by atoms with E-state index in [0.717, 1.165) is 23.5 Å². The van der Waals surface area contributed by atoms with E-state index in [1.165, 1.54) is 16.2 Å². The number of anilines is 1. The largest absolute Gasteiger partial charge is 0.494 e. The first kappa shape index (κ1) is 22.3. The Labute approximate surface area is 200 Å². The maximum atomic E-state index is 12.8. The topological polar surface area (TPSA) is 101 Å². The molecule has 2 aliphatic rings. The molecule has 1 aromatic heterocycles. The Bertz CT molecular complexity index is 1230. The van der Waals surface area contributed by atoms with Crippen molar-refractivity contribution in [2.75, 3.05) is 51.4 Å². The van der Waals surface area contributed by atoms with Crippen LogP contribution in [0.2, 0.25) is 0 Å². The number of imide groups is 1. The summed E-state index contributed by atoms with van der Waals surface area (Å²) in [7, 11) is 1.58. The first-order valence-electron chi connectivity index (χ1n) is 11.1. The minimum absolute atomic E-state index is 0.238. The van der Waals surface area contributed by atoms with Crippen LogP contribution in [0, 0.1) is 0 Å². The summed E-state index contributed by atoms with van der Waals surface area (Å²) in [4.78, 5) is 45.8. The molecular weight excluding hydrogens is 456 g/mol. The minimum atomic E-state index is -0.293. The molecule has 3 aromatic rings. The summed E-state index contributed by atoms with van der Waals surface area (Å²) in [5, 5.41) is 3.20. The molecule has 1 saturated heterocycles. The summed E-state index contributed by atoms with van der Waals surface area (Å²) in [6, 6.07) is 10.7. The van der Waals surface area contributed by atoms with Gasteiger partial charge in [0.2, 0.25) is 0 Å². The highest BCUT2D eigenvalue weighted by molar-refractivity contribution is 7.21. The van der Waals surface area contributed by atoms with Crippen LogP contribution in [0.4, 0.5) is 5.69 Å². The number of fused-ring (bicyclic) bond motifs is 2. The highest BCUT2D eigenvalue weighted by atomic mass is 32.1. The summed E-state index contributed by atoms with van der Waals surface area (Å²) >= 11 is 1.33. The van der Waals surface area contributed by atoms with Crippen molar-refractivity contribution in [3.63, 3.8) is 0 Å². The number of benzene rings is 2. The zero-order valence-electron chi connectivity index (χ0n) is 18.7. The number of hydrogen-bond donors (Lipinski definition) is 1. The fourth-order valence-corrected chi connectivity index (χ4v) is 5.28. The van der Waals surface area contributed by atoms with Gasteiger partial charge in [-0.25, -0.2) is 4.98 Å². The Balaban J connectivity index is 1.24. The van der Waals surface area contributed by atoms with Crippen LogP contribution in [-0.2, 0) is 4.74 Å². The van der Waals surface area contributed by atoms with Gasteiger partial charge in [0.15, 0.2) is 5.01 Å². The Morgan fingerprint density at radius 1 is 1.12 bits per heavy atom. The van der Waals surface area contributed by atoms with Crippen LogP contribution < -0.4 is 15.0 Å². The van der Waals surface area contributed by atoms with Crippen LogP contribution in [0.15, 0.2) is 36.4 Å². The third kappa shape index (κ3) is 3.99. The first-order valence-corrected chi connectivity index (χ1v) is 11.9. The van der Waals surface area contributed by atoms with Gasteiger partial charge in [0, 0.05) is 26.2 Å². The van der Waals surface area contributed by atoms with Crippen molar-refractivity contribution in [2.45, 2.75) is 6.42 Å². The number of nitrogens with zero attached hydrogens (tertiary/aromatic N) is 3. The molecule has 5 rings (SSSR count). The van der Waals surface area contributed by atoms with Crippen LogP contribution in [0.3, 0.4) is 0 Å². The van der Waals surface area contributed by atoms with Gasteiger partial charge in [-0.1, -0.05) is 12.1 Å². The number of methoxy groups -OCH3 is 1. The molecule has 3 heterocycles. The number of morpholine rings is 1. The molecule has 1 N–H and O–H groups in total. The number of rotatable bonds is 7. The number of carbonyl (C=O) groups is 3. The highest BCUT2D eigenvalue weighted by Crippen LogP contribution is 2.37. The zero-order valence-corrected chi connectivity index (χ0v) is 19.5. The van der Waals surface area contributed by atoms with Gasteiger partial charge in [-0.3, -0.25) is 19.3 Å². The summed E-state index contributed by atoms with van der Waals surface area (Å²) in [5.74, 6) is -0.256. The van der Waals surface area contributed by atoms with E-state index in [-0.39, 0.29) is 24.3 Å². The molecule has 0 atom stereocenters. The lowest BCUT2D eigenvalue weighted by Gasteiger charge is -2.29. The second-order valence-corrected chi connectivity index (χ2v) is 9.00. The predicted molar refractivity (Wildman–Crippen MR) is 128 cm³/mol. The maximum Gasteiger partial charge on any atom is 0.280 e. The molecule has 3 amide bonds. The van der Waals surface area contributed by atoms with E-state index in [1.54, 1.807) is 31.4 Å². The molecule has 10 heteroatoms.